The van der Waals surface area contributed by atoms with Crippen LogP contribution in [-0.4, -0.2) is 63.7 Å². The molecule has 0 spiro atoms. The van der Waals surface area contributed by atoms with E-state index in [0.717, 1.165) is 102 Å². The zero-order valence-electron chi connectivity index (χ0n) is 47.6. The summed E-state index contributed by atoms with van der Waals surface area (Å²) in [5.41, 5.74) is 0. The van der Waals surface area contributed by atoms with Crippen molar-refractivity contribution in [2.45, 2.75) is 277 Å². The molecule has 0 saturated heterocycles. The number of thioether (sulfide) groups is 1. The Kier molecular flexibility index (Phi) is 36.6. The van der Waals surface area contributed by atoms with Crippen LogP contribution in [-0.2, 0) is 23.5 Å². The first-order valence-electron chi connectivity index (χ1n) is 30.6. The molecule has 2 aromatic carbocycles. The van der Waals surface area contributed by atoms with Crippen molar-refractivity contribution < 1.29 is 23.5 Å². The zero-order chi connectivity index (χ0) is 51.8. The molecule has 0 heterocycles. The van der Waals surface area contributed by atoms with Gasteiger partial charge in [0.1, 0.15) is 6.10 Å². The van der Waals surface area contributed by atoms with Gasteiger partial charge in [0.25, 0.3) is 8.32 Å². The average molecular weight is 1030 g/mol. The number of carbonyl (C=O) groups excluding carboxylic acids is 2. The lowest BCUT2D eigenvalue weighted by atomic mass is 9.94. The van der Waals surface area contributed by atoms with Crippen LogP contribution in [0.1, 0.15) is 260 Å². The van der Waals surface area contributed by atoms with E-state index >= 15 is 0 Å². The topological polar surface area (TPSA) is 73.9 Å². The highest BCUT2D eigenvalue weighted by atomic mass is 32.2. The van der Waals surface area contributed by atoms with Gasteiger partial charge in [0.15, 0.2) is 0 Å². The van der Waals surface area contributed by atoms with Crippen LogP contribution in [0.2, 0.25) is 5.04 Å². The summed E-state index contributed by atoms with van der Waals surface area (Å²) in [6.45, 7) is 16.2. The molecule has 412 valence electrons. The molecule has 0 amide bonds. The highest BCUT2D eigenvalue weighted by Crippen LogP contribution is 2.37. The van der Waals surface area contributed by atoms with Gasteiger partial charge in [-0.25, -0.2) is 0 Å². The number of esters is 2. The maximum atomic E-state index is 13.3. The number of benzene rings is 2. The average Bonchev–Trinajstić information content (AvgIpc) is 3.65. The molecule has 1 fully saturated rings. The number of carbonyl (C=O) groups is 2. The van der Waals surface area contributed by atoms with Gasteiger partial charge in [-0.05, 0) is 111 Å². The predicted molar refractivity (Wildman–Crippen MR) is 315 cm³/mol. The van der Waals surface area contributed by atoms with Crippen LogP contribution in [0, 0.1) is 11.8 Å². The lowest BCUT2D eigenvalue weighted by Gasteiger charge is -2.43. The Morgan fingerprint density at radius 2 is 1.10 bits per heavy atom. The Labute approximate surface area is 449 Å². The maximum absolute atomic E-state index is 13.3. The molecule has 1 aliphatic rings. The summed E-state index contributed by atoms with van der Waals surface area (Å²) in [5, 5.41) is 6.68. The molecule has 2 aromatic rings. The Balaban J connectivity index is 1.50. The van der Waals surface area contributed by atoms with E-state index in [1.54, 1.807) is 0 Å². The quantitative estimate of drug-likeness (QED) is 0.0307. The van der Waals surface area contributed by atoms with Crippen molar-refractivity contribution in [3.8, 4) is 0 Å². The summed E-state index contributed by atoms with van der Waals surface area (Å²) in [6, 6.07) is 22.5. The molecule has 72 heavy (non-hydrogen) atoms. The van der Waals surface area contributed by atoms with Crippen molar-refractivity contribution in [1.29, 1.82) is 0 Å². The van der Waals surface area contributed by atoms with E-state index in [2.05, 4.69) is 108 Å². The number of ether oxygens (including phenoxy) is 2. The van der Waals surface area contributed by atoms with Gasteiger partial charge < -0.3 is 19.2 Å². The Morgan fingerprint density at radius 1 is 0.597 bits per heavy atom. The minimum Gasteiger partial charge on any atom is -0.465 e. The fourth-order valence-electron chi connectivity index (χ4n) is 11.2. The molecule has 1 aliphatic carbocycles. The minimum absolute atomic E-state index is 0.0180. The van der Waals surface area contributed by atoms with E-state index in [1.165, 1.54) is 145 Å². The lowest BCUT2D eigenvalue weighted by molar-refractivity contribution is -0.150. The van der Waals surface area contributed by atoms with Crippen LogP contribution < -0.4 is 15.7 Å². The van der Waals surface area contributed by atoms with E-state index < -0.39 is 8.32 Å². The number of hydrogen-bond acceptors (Lipinski definition) is 7. The number of unbranched alkanes of at least 4 members (excludes halogenated alkanes) is 16. The fourth-order valence-corrected chi connectivity index (χ4v) is 16.9. The summed E-state index contributed by atoms with van der Waals surface area (Å²) in [5.74, 6) is 2.77. The first-order valence-corrected chi connectivity index (χ1v) is 33.6. The second kappa shape index (κ2) is 41.1. The molecule has 3 atom stereocenters. The molecular formula is C64H111NO5SSi. The highest BCUT2D eigenvalue weighted by molar-refractivity contribution is 7.99. The first kappa shape index (κ1) is 64.2. The van der Waals surface area contributed by atoms with Gasteiger partial charge >= 0.3 is 11.9 Å². The highest BCUT2D eigenvalue weighted by Gasteiger charge is 2.50. The Bertz CT molecular complexity index is 1540. The summed E-state index contributed by atoms with van der Waals surface area (Å²) in [6.07, 6.45) is 39.8. The van der Waals surface area contributed by atoms with Crippen molar-refractivity contribution in [1.82, 2.24) is 5.32 Å². The Hall–Kier alpha value is -2.13. The third-order valence-electron chi connectivity index (χ3n) is 15.6. The van der Waals surface area contributed by atoms with Gasteiger partial charge in [-0.1, -0.05) is 237 Å². The molecule has 6 nitrogen and oxygen atoms in total. The third kappa shape index (κ3) is 27.6. The van der Waals surface area contributed by atoms with Crippen molar-refractivity contribution >= 4 is 42.4 Å². The minimum atomic E-state index is -2.54. The van der Waals surface area contributed by atoms with Gasteiger partial charge in [0.2, 0.25) is 0 Å². The van der Waals surface area contributed by atoms with E-state index in [0.29, 0.717) is 25.0 Å². The van der Waals surface area contributed by atoms with Crippen LogP contribution in [0.25, 0.3) is 0 Å². The van der Waals surface area contributed by atoms with Gasteiger partial charge in [0.05, 0.1) is 12.5 Å². The first-order chi connectivity index (χ1) is 35.1. The number of rotatable bonds is 44. The molecule has 0 aromatic heterocycles. The van der Waals surface area contributed by atoms with Crippen LogP contribution in [0.4, 0.5) is 0 Å². The molecule has 1 saturated carbocycles. The van der Waals surface area contributed by atoms with Crippen molar-refractivity contribution in [2.24, 2.45) is 11.8 Å². The predicted octanol–water partition coefficient (Wildman–Crippen LogP) is 17.3. The standard InChI is InChI=1S/C64H111NO5SSi/c1-7-10-13-16-17-27-42-57(41-26-14-11-8-2)63(67)68-51-36-22-28-43-58(65-50-35-37-52-69-72(64(4,5)6,60-46-31-20-32-47-60)61-48-33-21-34-49-61)44-29-23-38-53-71-55-59(45-30-15-12-9-3)70-62(66)54-56-39-24-18-19-25-40-56/h20-21,31-34,46-49,56-59,65H,7-19,22-30,35-45,50-55H2,1-6H3. The van der Waals surface area contributed by atoms with Crippen molar-refractivity contribution in [3.63, 3.8) is 0 Å². The lowest BCUT2D eigenvalue weighted by Crippen LogP contribution is -2.66. The number of nitrogens with one attached hydrogen (secondary N) is 1. The molecule has 1 N–H and O–H groups in total. The normalized spacial score (nSPS) is 15.0. The maximum Gasteiger partial charge on any atom is 0.308 e. The van der Waals surface area contributed by atoms with E-state index in [4.69, 9.17) is 13.9 Å². The molecule has 0 radical (unpaired) electrons. The summed E-state index contributed by atoms with van der Waals surface area (Å²) < 4.78 is 19.4. The summed E-state index contributed by atoms with van der Waals surface area (Å²) in [7, 11) is -2.54. The van der Waals surface area contributed by atoms with Crippen LogP contribution in [0.15, 0.2) is 60.7 Å². The second-order valence-corrected chi connectivity index (χ2v) is 28.4. The van der Waals surface area contributed by atoms with E-state index in [9.17, 15) is 9.59 Å². The van der Waals surface area contributed by atoms with Crippen LogP contribution in [0.5, 0.6) is 0 Å². The zero-order valence-corrected chi connectivity index (χ0v) is 49.4. The van der Waals surface area contributed by atoms with E-state index in [1.807, 2.05) is 11.8 Å². The fraction of sp³-hybridized carbons (Fsp3) is 0.781. The SMILES string of the molecule is CCCCCCCCC(CCCCCC)C(=O)OCCCCCC(CCCCCSCC(CCCCCC)OC(=O)CC1CCCCCC1)NCCCCO[Si](c1ccccc1)(c1ccccc1)C(C)(C)C. The molecule has 8 heteroatoms. The van der Waals surface area contributed by atoms with Crippen LogP contribution in [0.3, 0.4) is 0 Å². The molecule has 0 bridgehead atoms. The van der Waals surface area contributed by atoms with Gasteiger partial charge in [-0.3, -0.25) is 9.59 Å². The second-order valence-electron chi connectivity index (χ2n) is 22.9. The number of hydrogen-bond donors (Lipinski definition) is 1. The van der Waals surface area contributed by atoms with Gasteiger partial charge in [0, 0.05) is 24.8 Å². The summed E-state index contributed by atoms with van der Waals surface area (Å²) >= 11 is 2.00. The molecule has 3 rings (SSSR count). The van der Waals surface area contributed by atoms with Crippen molar-refractivity contribution in [2.75, 3.05) is 31.3 Å². The molecule has 0 aliphatic heterocycles. The largest absolute Gasteiger partial charge is 0.465 e. The van der Waals surface area contributed by atoms with E-state index in [-0.39, 0.29) is 29.0 Å². The van der Waals surface area contributed by atoms with Crippen LogP contribution >= 0.6 is 11.8 Å². The molecule has 3 unspecified atom stereocenters. The molecular weight excluding hydrogens is 923 g/mol. The smallest absolute Gasteiger partial charge is 0.308 e. The third-order valence-corrected chi connectivity index (χ3v) is 21.8. The van der Waals surface area contributed by atoms with Gasteiger partial charge in [-0.15, -0.1) is 0 Å². The summed E-state index contributed by atoms with van der Waals surface area (Å²) in [4.78, 5) is 26.4. The monoisotopic (exact) mass is 1030 g/mol. The Morgan fingerprint density at radius 3 is 1.68 bits per heavy atom. The van der Waals surface area contributed by atoms with Crippen molar-refractivity contribution in [3.05, 3.63) is 60.7 Å². The van der Waals surface area contributed by atoms with Gasteiger partial charge in [-0.2, -0.15) is 11.8 Å².